The molecule has 1 aliphatic heterocycles. The standard InChI is InChI=1S/C13H22N4O/c18-12(9-15-13-5-6-14-11-16-13)10-17-7-3-1-2-4-8-17/h5-6,11-12,18H,1-4,7-10H2,(H,14,15,16). The lowest BCUT2D eigenvalue weighted by atomic mass is 10.2. The zero-order valence-corrected chi connectivity index (χ0v) is 10.8. The van der Waals surface area contributed by atoms with Crippen LogP contribution < -0.4 is 5.32 Å². The molecule has 0 aromatic carbocycles. The van der Waals surface area contributed by atoms with E-state index in [4.69, 9.17) is 0 Å². The second-order valence-electron chi connectivity index (χ2n) is 4.84. The molecule has 0 aliphatic carbocycles. The van der Waals surface area contributed by atoms with Crippen molar-refractivity contribution in [2.24, 2.45) is 0 Å². The average molecular weight is 250 g/mol. The van der Waals surface area contributed by atoms with Crippen molar-refractivity contribution in [3.8, 4) is 0 Å². The molecule has 1 fully saturated rings. The van der Waals surface area contributed by atoms with Crippen molar-refractivity contribution >= 4 is 5.82 Å². The third kappa shape index (κ3) is 4.58. The van der Waals surface area contributed by atoms with E-state index in [2.05, 4.69) is 20.2 Å². The lowest BCUT2D eigenvalue weighted by Gasteiger charge is -2.23. The summed E-state index contributed by atoms with van der Waals surface area (Å²) < 4.78 is 0. The summed E-state index contributed by atoms with van der Waals surface area (Å²) >= 11 is 0. The van der Waals surface area contributed by atoms with Crippen LogP contribution in [0.2, 0.25) is 0 Å². The minimum atomic E-state index is -0.349. The Morgan fingerprint density at radius 2 is 2.06 bits per heavy atom. The number of nitrogens with one attached hydrogen (secondary N) is 1. The van der Waals surface area contributed by atoms with Gasteiger partial charge in [0.25, 0.3) is 0 Å². The summed E-state index contributed by atoms with van der Waals surface area (Å²) in [6.07, 6.45) is 8.01. The lowest BCUT2D eigenvalue weighted by molar-refractivity contribution is 0.124. The molecule has 5 nitrogen and oxygen atoms in total. The van der Waals surface area contributed by atoms with Gasteiger partial charge in [-0.2, -0.15) is 0 Å². The number of aliphatic hydroxyl groups is 1. The highest BCUT2D eigenvalue weighted by atomic mass is 16.3. The second-order valence-corrected chi connectivity index (χ2v) is 4.84. The normalized spacial score (nSPS) is 19.2. The SMILES string of the molecule is OC(CNc1ccncn1)CN1CCCCCC1. The van der Waals surface area contributed by atoms with Crippen LogP contribution in [0.4, 0.5) is 5.82 Å². The van der Waals surface area contributed by atoms with Crippen LogP contribution in [0.15, 0.2) is 18.6 Å². The number of β-amino-alcohol motifs (C(OH)–C–C–N with tert-alkyl or cyclic N) is 1. The number of likely N-dealkylation sites (tertiary alicyclic amines) is 1. The van der Waals surface area contributed by atoms with Crippen molar-refractivity contribution in [3.05, 3.63) is 18.6 Å². The van der Waals surface area contributed by atoms with Gasteiger partial charge in [-0.15, -0.1) is 0 Å². The van der Waals surface area contributed by atoms with Gasteiger partial charge in [0.1, 0.15) is 12.1 Å². The fourth-order valence-electron chi connectivity index (χ4n) is 2.30. The first-order valence-electron chi connectivity index (χ1n) is 6.75. The molecule has 0 saturated carbocycles. The van der Waals surface area contributed by atoms with Crippen LogP contribution in [0.5, 0.6) is 0 Å². The van der Waals surface area contributed by atoms with E-state index in [1.165, 1.54) is 32.0 Å². The highest BCUT2D eigenvalue weighted by Gasteiger charge is 2.13. The largest absolute Gasteiger partial charge is 0.390 e. The highest BCUT2D eigenvalue weighted by Crippen LogP contribution is 2.10. The molecule has 0 spiro atoms. The minimum Gasteiger partial charge on any atom is -0.390 e. The van der Waals surface area contributed by atoms with Crippen molar-refractivity contribution < 1.29 is 5.11 Å². The molecule has 1 aromatic rings. The predicted molar refractivity (Wildman–Crippen MR) is 71.4 cm³/mol. The summed E-state index contributed by atoms with van der Waals surface area (Å²) in [5.41, 5.74) is 0. The molecule has 0 bridgehead atoms. The van der Waals surface area contributed by atoms with E-state index in [1.807, 2.05) is 0 Å². The molecule has 2 rings (SSSR count). The van der Waals surface area contributed by atoms with Gasteiger partial charge >= 0.3 is 0 Å². The molecule has 2 heterocycles. The van der Waals surface area contributed by atoms with Crippen LogP contribution in [0.3, 0.4) is 0 Å². The summed E-state index contributed by atoms with van der Waals surface area (Å²) in [4.78, 5) is 10.3. The van der Waals surface area contributed by atoms with Gasteiger partial charge in [-0.25, -0.2) is 9.97 Å². The van der Waals surface area contributed by atoms with Crippen LogP contribution in [0.1, 0.15) is 25.7 Å². The highest BCUT2D eigenvalue weighted by molar-refractivity contribution is 5.31. The number of rotatable bonds is 5. The molecule has 0 amide bonds. The molecule has 1 aromatic heterocycles. The van der Waals surface area contributed by atoms with E-state index in [1.54, 1.807) is 12.3 Å². The summed E-state index contributed by atoms with van der Waals surface area (Å²) in [7, 11) is 0. The number of nitrogens with zero attached hydrogens (tertiary/aromatic N) is 3. The Morgan fingerprint density at radius 1 is 1.28 bits per heavy atom. The zero-order valence-electron chi connectivity index (χ0n) is 10.8. The van der Waals surface area contributed by atoms with E-state index in [9.17, 15) is 5.11 Å². The third-order valence-electron chi connectivity index (χ3n) is 3.27. The maximum Gasteiger partial charge on any atom is 0.129 e. The van der Waals surface area contributed by atoms with Gasteiger partial charge < -0.3 is 15.3 Å². The summed E-state index contributed by atoms with van der Waals surface area (Å²) in [5, 5.41) is 13.1. The fourth-order valence-corrected chi connectivity index (χ4v) is 2.30. The average Bonchev–Trinajstić information content (AvgIpc) is 2.66. The molecule has 100 valence electrons. The molecule has 2 N–H and O–H groups in total. The Balaban J connectivity index is 1.69. The Morgan fingerprint density at radius 3 is 2.72 bits per heavy atom. The van der Waals surface area contributed by atoms with Crippen LogP contribution in [-0.4, -0.2) is 52.3 Å². The molecule has 1 saturated heterocycles. The summed E-state index contributed by atoms with van der Waals surface area (Å²) in [6, 6.07) is 1.80. The van der Waals surface area contributed by atoms with Crippen LogP contribution in [0, 0.1) is 0 Å². The van der Waals surface area contributed by atoms with Gasteiger partial charge in [0, 0.05) is 19.3 Å². The number of hydrogen-bond donors (Lipinski definition) is 2. The Bertz CT molecular complexity index is 325. The van der Waals surface area contributed by atoms with E-state index in [0.717, 1.165) is 25.5 Å². The van der Waals surface area contributed by atoms with Crippen molar-refractivity contribution in [1.29, 1.82) is 0 Å². The molecular formula is C13H22N4O. The number of hydrogen-bond acceptors (Lipinski definition) is 5. The second kappa shape index (κ2) is 7.28. The van der Waals surface area contributed by atoms with Crippen LogP contribution in [-0.2, 0) is 0 Å². The first kappa shape index (κ1) is 13.2. The molecule has 1 atom stereocenters. The van der Waals surface area contributed by atoms with Crippen molar-refractivity contribution in [2.75, 3.05) is 31.5 Å². The predicted octanol–water partition coefficient (Wildman–Crippen LogP) is 1.13. The maximum atomic E-state index is 10.0. The molecule has 1 unspecified atom stereocenters. The van der Waals surface area contributed by atoms with Gasteiger partial charge in [-0.3, -0.25) is 0 Å². The van der Waals surface area contributed by atoms with E-state index in [0.29, 0.717) is 6.54 Å². The topological polar surface area (TPSA) is 61.3 Å². The third-order valence-corrected chi connectivity index (χ3v) is 3.27. The molecule has 5 heteroatoms. The molecule has 18 heavy (non-hydrogen) atoms. The van der Waals surface area contributed by atoms with E-state index < -0.39 is 0 Å². The fraction of sp³-hybridized carbons (Fsp3) is 0.692. The number of aromatic nitrogens is 2. The van der Waals surface area contributed by atoms with Crippen molar-refractivity contribution in [1.82, 2.24) is 14.9 Å². The van der Waals surface area contributed by atoms with E-state index >= 15 is 0 Å². The first-order valence-corrected chi connectivity index (χ1v) is 6.75. The van der Waals surface area contributed by atoms with Crippen molar-refractivity contribution in [2.45, 2.75) is 31.8 Å². The van der Waals surface area contributed by atoms with Crippen LogP contribution >= 0.6 is 0 Å². The summed E-state index contributed by atoms with van der Waals surface area (Å²) in [6.45, 7) is 3.51. The van der Waals surface area contributed by atoms with Gasteiger partial charge in [-0.05, 0) is 32.0 Å². The Hall–Kier alpha value is -1.20. The number of aliphatic hydroxyl groups excluding tert-OH is 1. The van der Waals surface area contributed by atoms with Crippen molar-refractivity contribution in [3.63, 3.8) is 0 Å². The summed E-state index contributed by atoms with van der Waals surface area (Å²) in [5.74, 6) is 0.764. The van der Waals surface area contributed by atoms with Gasteiger partial charge in [0.05, 0.1) is 6.10 Å². The van der Waals surface area contributed by atoms with Gasteiger partial charge in [0.15, 0.2) is 0 Å². The Kier molecular flexibility index (Phi) is 5.36. The minimum absolute atomic E-state index is 0.349. The Labute approximate surface area is 108 Å². The molecule has 1 aliphatic rings. The molecule has 0 radical (unpaired) electrons. The zero-order chi connectivity index (χ0) is 12.6. The van der Waals surface area contributed by atoms with Gasteiger partial charge in [0.2, 0.25) is 0 Å². The number of anilines is 1. The lowest BCUT2D eigenvalue weighted by Crippen LogP contribution is -2.36. The van der Waals surface area contributed by atoms with Gasteiger partial charge in [-0.1, -0.05) is 12.8 Å². The molecular weight excluding hydrogens is 228 g/mol. The smallest absolute Gasteiger partial charge is 0.129 e. The van der Waals surface area contributed by atoms with E-state index in [-0.39, 0.29) is 6.10 Å². The first-order chi connectivity index (χ1) is 8.84. The van der Waals surface area contributed by atoms with Crippen LogP contribution in [0.25, 0.3) is 0 Å². The maximum absolute atomic E-state index is 10.0. The monoisotopic (exact) mass is 250 g/mol. The quantitative estimate of drug-likeness (QED) is 0.820.